The summed E-state index contributed by atoms with van der Waals surface area (Å²) in [5, 5.41) is 55.5. The van der Waals surface area contributed by atoms with Gasteiger partial charge in [0, 0.05) is 54.5 Å². The van der Waals surface area contributed by atoms with Gasteiger partial charge in [-0.05, 0) is 115 Å². The first-order valence-electron chi connectivity index (χ1n) is 27.8. The summed E-state index contributed by atoms with van der Waals surface area (Å²) in [7, 11) is -2.35. The Morgan fingerprint density at radius 2 is 0.947 bits per heavy atom. The van der Waals surface area contributed by atoms with Crippen LogP contribution in [0, 0.1) is 77.4 Å². The minimum atomic E-state index is -1.21. The predicted molar refractivity (Wildman–Crippen MR) is 383 cm³/mol. The Labute approximate surface area is 584 Å². The predicted octanol–water partition coefficient (Wildman–Crippen LogP) is 16.6. The molecule has 4 aromatic carbocycles. The van der Waals surface area contributed by atoms with Gasteiger partial charge in [-0.1, -0.05) is 149 Å². The van der Waals surface area contributed by atoms with Crippen LogP contribution in [-0.4, -0.2) is 78.8 Å². The van der Waals surface area contributed by atoms with Crippen LogP contribution >= 0.6 is 69.6 Å². The molecule has 22 nitrogen and oxygen atoms in total. The van der Waals surface area contributed by atoms with Gasteiger partial charge in [0.2, 0.25) is 40.2 Å². The number of aromatic nitrogens is 10. The summed E-state index contributed by atoms with van der Waals surface area (Å²) >= 11 is 34.7. The maximum absolute atomic E-state index is 12.0. The van der Waals surface area contributed by atoms with Gasteiger partial charge in [-0.15, -0.1) is 0 Å². The quantitative estimate of drug-likeness (QED) is 0.0397. The van der Waals surface area contributed by atoms with Gasteiger partial charge >= 0.3 is 0 Å². The maximum atomic E-state index is 12.0. The van der Waals surface area contributed by atoms with Crippen LogP contribution < -0.4 is 36.5 Å². The van der Waals surface area contributed by atoms with Gasteiger partial charge in [0.1, 0.15) is 58.2 Å². The van der Waals surface area contributed by atoms with Crippen LogP contribution in [0.5, 0.6) is 11.8 Å². The normalized spacial score (nSPS) is 10.1. The summed E-state index contributed by atoms with van der Waals surface area (Å²) in [6.07, 6.45) is 6.86. The molecule has 95 heavy (non-hydrogen) atoms. The van der Waals surface area contributed by atoms with E-state index in [4.69, 9.17) is 100 Å². The zero-order valence-corrected chi connectivity index (χ0v) is 58.2. The van der Waals surface area contributed by atoms with Crippen molar-refractivity contribution in [2.75, 3.05) is 29.2 Å². The molecule has 30 heteroatoms. The Hall–Kier alpha value is -9.50. The number of nitrogens with zero attached hydrogens (tertiary/aromatic N) is 14. The Morgan fingerprint density at radius 1 is 0.505 bits per heavy atom. The second kappa shape index (κ2) is 38.6. The highest BCUT2D eigenvalue weighted by molar-refractivity contribution is 6.76. The molecule has 0 bridgehead atoms. The van der Waals surface area contributed by atoms with Gasteiger partial charge in [0.25, 0.3) is 11.1 Å². The Bertz CT molecular complexity index is 4420. The average molecular weight is 1430 g/mol. The molecule has 0 fully saturated rings. The number of nitriles is 5. The van der Waals surface area contributed by atoms with Crippen molar-refractivity contribution in [3.8, 4) is 42.1 Å². The van der Waals surface area contributed by atoms with Crippen molar-refractivity contribution >= 4 is 121 Å². The Morgan fingerprint density at radius 3 is 1.42 bits per heavy atom. The molecule has 9 rings (SSSR count). The first-order chi connectivity index (χ1) is 44.1. The molecule has 0 unspecified atom stereocenters. The molecule has 0 aliphatic carbocycles. The second-order valence-electron chi connectivity index (χ2n) is 22.0. The number of aromatic amines is 1. The number of hydrogen-bond donors (Lipinski definition) is 4. The standard InChI is InChI=1S/C19H15ClN4O.C17H21ClN4OSi.C12H9ClN4O.C10H14ClN3OSi.C5HCl2N3.2CH4/c1-13-16(20)8-5-9-17(13)22-19-23-18(25)15(10-21)12-24(19)11-14-6-3-2-4-7-14;1-12-14(18)6-5-7-15(12)21-17-20-11-13(10-19)16(22-17)23-8-9-24(2,3)4;1-7-9(13)3-2-4-10(7)16-12-15-6-8(5-14)11(18)17-12;1-16(2,3)5-4-15-9-8(6-12)7-13-10(11)14-9;6-4-3(1-8)2-9-5(7)10-4;;/h2-9,12H,11H2,1H3,(H,22,23,25);5-7,11H,8-9H2,1-4H3,(H,20,21,22);2-4,6H,1H3,(H2,15,16,17,18);7H,4-5H2,1-3H3;2H;2*1H4. The molecule has 0 radical (unpaired) electrons. The molecule has 0 spiro atoms. The fourth-order valence-electron chi connectivity index (χ4n) is 7.17. The van der Waals surface area contributed by atoms with Crippen molar-refractivity contribution in [2.45, 2.75) is 93.5 Å². The van der Waals surface area contributed by atoms with Crippen molar-refractivity contribution in [3.05, 3.63) is 217 Å². The molecule has 0 saturated carbocycles. The minimum absolute atomic E-state index is 0. The third-order valence-corrected chi connectivity index (χ3v) is 17.8. The van der Waals surface area contributed by atoms with Gasteiger partial charge < -0.3 is 30.0 Å². The van der Waals surface area contributed by atoms with Crippen molar-refractivity contribution in [3.63, 3.8) is 0 Å². The number of halogens is 6. The molecule has 0 amide bonds. The smallest absolute Gasteiger partial charge is 0.292 e. The van der Waals surface area contributed by atoms with E-state index in [1.54, 1.807) is 34.9 Å². The molecule has 0 aliphatic rings. The van der Waals surface area contributed by atoms with Gasteiger partial charge in [-0.2, -0.15) is 41.3 Å². The third kappa shape index (κ3) is 26.1. The summed E-state index contributed by atoms with van der Waals surface area (Å²) in [6.45, 7) is 20.8. The molecule has 9 aromatic rings. The van der Waals surface area contributed by atoms with Gasteiger partial charge in [0.05, 0.1) is 44.5 Å². The van der Waals surface area contributed by atoms with Gasteiger partial charge in [0.15, 0.2) is 5.15 Å². The van der Waals surface area contributed by atoms with Crippen molar-refractivity contribution < 1.29 is 9.47 Å². The highest BCUT2D eigenvalue weighted by Crippen LogP contribution is 2.29. The lowest BCUT2D eigenvalue weighted by Crippen LogP contribution is -2.22. The van der Waals surface area contributed by atoms with E-state index in [1.165, 1.54) is 31.0 Å². The van der Waals surface area contributed by atoms with Crippen LogP contribution in [0.4, 0.5) is 34.9 Å². The summed E-state index contributed by atoms with van der Waals surface area (Å²) in [5.74, 6) is 1.60. The van der Waals surface area contributed by atoms with Crippen molar-refractivity contribution in [1.29, 1.82) is 26.3 Å². The van der Waals surface area contributed by atoms with E-state index in [1.807, 2.05) is 99.6 Å². The van der Waals surface area contributed by atoms with Crippen LogP contribution in [0.25, 0.3) is 0 Å². The summed E-state index contributed by atoms with van der Waals surface area (Å²) in [4.78, 5) is 57.1. The summed E-state index contributed by atoms with van der Waals surface area (Å²) in [5.41, 5.74) is 5.79. The largest absolute Gasteiger partial charge is 0.477 e. The highest BCUT2D eigenvalue weighted by Gasteiger charge is 2.18. The van der Waals surface area contributed by atoms with E-state index < -0.39 is 27.3 Å². The maximum Gasteiger partial charge on any atom is 0.292 e. The van der Waals surface area contributed by atoms with E-state index in [0.717, 1.165) is 51.4 Å². The number of benzene rings is 4. The van der Waals surface area contributed by atoms with Crippen LogP contribution in [0.2, 0.25) is 82.2 Å². The van der Waals surface area contributed by atoms with E-state index in [9.17, 15) is 14.9 Å². The van der Waals surface area contributed by atoms with Crippen LogP contribution in [-0.2, 0) is 6.54 Å². The first-order valence-corrected chi connectivity index (χ1v) is 37.5. The lowest BCUT2D eigenvalue weighted by molar-refractivity contribution is 0.323. The van der Waals surface area contributed by atoms with Crippen LogP contribution in [0.3, 0.4) is 0 Å². The zero-order valence-electron chi connectivity index (χ0n) is 51.7. The SMILES string of the molecule is C.C.C[Si](C)(C)CCOc1nc(Cl)ncc1C#N.Cc1c(Cl)cccc1Nc1nc(=O)c(C#N)cn1Cc1ccccc1.Cc1c(Cl)cccc1Nc1ncc(C#N)c(=O)[nH]1.Cc1c(Cl)cccc1Nc1ncc(C#N)c(OCC[Si](C)(C)C)n1.N#Cc1cnc(Cl)nc1Cl. The van der Waals surface area contributed by atoms with Crippen molar-refractivity contribution in [2.24, 2.45) is 0 Å². The molecule has 5 heterocycles. The molecule has 5 aromatic heterocycles. The summed E-state index contributed by atoms with van der Waals surface area (Å²) < 4.78 is 12.9. The van der Waals surface area contributed by atoms with Gasteiger partial charge in [-0.25, -0.2) is 24.9 Å². The monoisotopic (exact) mass is 1430 g/mol. The number of rotatable bonds is 16. The Kier molecular flexibility index (Phi) is 32.4. The molecule has 4 N–H and O–H groups in total. The highest BCUT2D eigenvalue weighted by atomic mass is 35.5. The van der Waals surface area contributed by atoms with Crippen molar-refractivity contribution in [1.82, 2.24) is 49.4 Å². The fourth-order valence-corrected chi connectivity index (χ4v) is 9.60. The van der Waals surface area contributed by atoms with Crippen LogP contribution in [0.15, 0.2) is 126 Å². The Balaban J connectivity index is 0.000000316. The topological polar surface area (TPSA) is 331 Å². The van der Waals surface area contributed by atoms with E-state index in [2.05, 4.69) is 106 Å². The van der Waals surface area contributed by atoms with E-state index >= 15 is 0 Å². The average Bonchev–Trinajstić information content (AvgIpc) is 2.18. The number of anilines is 6. The van der Waals surface area contributed by atoms with Gasteiger partial charge in [-0.3, -0.25) is 14.6 Å². The first kappa shape index (κ1) is 79.7. The molecular weight excluding hydrogens is 1370 g/mol. The van der Waals surface area contributed by atoms with Crippen LogP contribution in [0.1, 0.15) is 64.9 Å². The molecule has 0 saturated heterocycles. The second-order valence-corrected chi connectivity index (χ2v) is 35.5. The number of nitrogens with one attached hydrogen (secondary N) is 4. The number of ether oxygens (including phenoxy) is 2. The number of H-pyrrole nitrogens is 1. The zero-order chi connectivity index (χ0) is 68.4. The molecule has 0 atom stereocenters. The van der Waals surface area contributed by atoms with E-state index in [-0.39, 0.29) is 59.1 Å². The fraction of sp³-hybridized carbons (Fsp3) is 0.246. The molecule has 492 valence electrons. The summed E-state index contributed by atoms with van der Waals surface area (Å²) in [6, 6.07) is 37.7. The lowest BCUT2D eigenvalue weighted by atomic mass is 10.2. The lowest BCUT2D eigenvalue weighted by Gasteiger charge is -2.16. The minimum Gasteiger partial charge on any atom is -0.477 e. The van der Waals surface area contributed by atoms with E-state index in [0.29, 0.717) is 63.7 Å². The molecular formula is C65H68Cl6N18O4Si2. The number of hydrogen-bond acceptors (Lipinski definition) is 20. The molecule has 0 aliphatic heterocycles. The third-order valence-electron chi connectivity index (χ3n) is 12.5.